The van der Waals surface area contributed by atoms with Gasteiger partial charge in [-0.25, -0.2) is 0 Å². The fourth-order valence-electron chi connectivity index (χ4n) is 1.99. The smallest absolute Gasteiger partial charge is 0.00951 e. The van der Waals surface area contributed by atoms with E-state index in [1.807, 2.05) is 0 Å². The zero-order chi connectivity index (χ0) is 8.81. The Balaban J connectivity index is 2.17. The highest BCUT2D eigenvalue weighted by Crippen LogP contribution is 2.19. The molecule has 1 rings (SSSR count). The molecule has 0 unspecified atom stereocenters. The minimum atomic E-state index is 0.920. The van der Waals surface area contributed by atoms with E-state index < -0.39 is 0 Å². The molecule has 1 atom stereocenters. The minimum absolute atomic E-state index is 0.920. The van der Waals surface area contributed by atoms with E-state index >= 15 is 0 Å². The maximum atomic E-state index is 2.67. The normalized spacial score (nSPS) is 20.5. The molecule has 1 heterocycles. The van der Waals surface area contributed by atoms with Crippen LogP contribution in [-0.4, -0.2) is 24.0 Å². The van der Waals surface area contributed by atoms with Crippen molar-refractivity contribution in [1.82, 2.24) is 4.90 Å². The SMILES string of the molecule is CCCC[C@@H](CCC)N1CCC1. The van der Waals surface area contributed by atoms with Crippen LogP contribution in [-0.2, 0) is 0 Å². The second-order valence-electron chi connectivity index (χ2n) is 3.97. The van der Waals surface area contributed by atoms with Gasteiger partial charge in [0.2, 0.25) is 0 Å². The first-order chi connectivity index (χ1) is 5.88. The molecule has 1 aliphatic rings. The van der Waals surface area contributed by atoms with E-state index in [4.69, 9.17) is 0 Å². The van der Waals surface area contributed by atoms with Gasteiger partial charge in [0.15, 0.2) is 0 Å². The van der Waals surface area contributed by atoms with Crippen molar-refractivity contribution in [2.75, 3.05) is 13.1 Å². The fraction of sp³-hybridized carbons (Fsp3) is 1.00. The summed E-state index contributed by atoms with van der Waals surface area (Å²) in [5, 5.41) is 0. The van der Waals surface area contributed by atoms with Gasteiger partial charge in [0.25, 0.3) is 0 Å². The van der Waals surface area contributed by atoms with Crippen LogP contribution in [0, 0.1) is 0 Å². The summed E-state index contributed by atoms with van der Waals surface area (Å²) in [7, 11) is 0. The Bertz CT molecular complexity index is 108. The molecule has 0 saturated carbocycles. The first kappa shape index (κ1) is 10.0. The van der Waals surface area contributed by atoms with Crippen molar-refractivity contribution in [2.45, 2.75) is 58.4 Å². The van der Waals surface area contributed by atoms with Crippen LogP contribution >= 0.6 is 0 Å². The Hall–Kier alpha value is -0.0400. The van der Waals surface area contributed by atoms with Crippen molar-refractivity contribution in [3.05, 3.63) is 0 Å². The highest BCUT2D eigenvalue weighted by molar-refractivity contribution is 4.77. The van der Waals surface area contributed by atoms with Crippen LogP contribution in [0.3, 0.4) is 0 Å². The molecule has 0 aromatic rings. The van der Waals surface area contributed by atoms with Gasteiger partial charge in [0.1, 0.15) is 0 Å². The van der Waals surface area contributed by atoms with Gasteiger partial charge in [0.05, 0.1) is 0 Å². The molecule has 0 radical (unpaired) electrons. The van der Waals surface area contributed by atoms with Crippen molar-refractivity contribution in [3.63, 3.8) is 0 Å². The van der Waals surface area contributed by atoms with Crippen molar-refractivity contribution in [3.8, 4) is 0 Å². The monoisotopic (exact) mass is 169 g/mol. The van der Waals surface area contributed by atoms with E-state index in [1.165, 1.54) is 51.6 Å². The number of hydrogen-bond donors (Lipinski definition) is 0. The van der Waals surface area contributed by atoms with Gasteiger partial charge >= 0.3 is 0 Å². The van der Waals surface area contributed by atoms with Gasteiger partial charge in [-0.2, -0.15) is 0 Å². The number of nitrogens with zero attached hydrogens (tertiary/aromatic N) is 1. The van der Waals surface area contributed by atoms with Crippen molar-refractivity contribution in [1.29, 1.82) is 0 Å². The van der Waals surface area contributed by atoms with Crippen molar-refractivity contribution >= 4 is 0 Å². The Kier molecular flexibility index (Phi) is 4.67. The van der Waals surface area contributed by atoms with Crippen LogP contribution in [0.15, 0.2) is 0 Å². The summed E-state index contributed by atoms with van der Waals surface area (Å²) in [4.78, 5) is 2.67. The molecule has 0 spiro atoms. The lowest BCUT2D eigenvalue weighted by Crippen LogP contribution is -2.45. The average molecular weight is 169 g/mol. The minimum Gasteiger partial charge on any atom is -0.300 e. The molecule has 1 heteroatoms. The molecule has 0 N–H and O–H groups in total. The molecule has 1 aliphatic heterocycles. The zero-order valence-corrected chi connectivity index (χ0v) is 8.68. The second-order valence-corrected chi connectivity index (χ2v) is 3.97. The van der Waals surface area contributed by atoms with Crippen LogP contribution < -0.4 is 0 Å². The van der Waals surface area contributed by atoms with Gasteiger partial charge in [0, 0.05) is 6.04 Å². The first-order valence-electron chi connectivity index (χ1n) is 5.62. The Morgan fingerprint density at radius 3 is 2.25 bits per heavy atom. The summed E-state index contributed by atoms with van der Waals surface area (Å²) in [6.07, 6.45) is 8.41. The predicted molar refractivity (Wildman–Crippen MR) is 54.4 cm³/mol. The lowest BCUT2D eigenvalue weighted by atomic mass is 10.00. The van der Waals surface area contributed by atoms with Crippen LogP contribution in [0.25, 0.3) is 0 Å². The number of rotatable bonds is 6. The number of hydrogen-bond acceptors (Lipinski definition) is 1. The van der Waals surface area contributed by atoms with Crippen LogP contribution in [0.4, 0.5) is 0 Å². The summed E-state index contributed by atoms with van der Waals surface area (Å²) in [6.45, 7) is 7.33. The third-order valence-corrected chi connectivity index (χ3v) is 2.92. The maximum Gasteiger partial charge on any atom is 0.00951 e. The second kappa shape index (κ2) is 5.58. The summed E-state index contributed by atoms with van der Waals surface area (Å²) in [6, 6.07) is 0.920. The van der Waals surface area contributed by atoms with Gasteiger partial charge < -0.3 is 4.90 Å². The highest BCUT2D eigenvalue weighted by Gasteiger charge is 2.22. The molecule has 0 amide bonds. The lowest BCUT2D eigenvalue weighted by Gasteiger charge is -2.38. The van der Waals surface area contributed by atoms with E-state index in [1.54, 1.807) is 0 Å². The van der Waals surface area contributed by atoms with Gasteiger partial charge in [-0.1, -0.05) is 33.1 Å². The Morgan fingerprint density at radius 2 is 1.83 bits per heavy atom. The Labute approximate surface area is 77.1 Å². The van der Waals surface area contributed by atoms with E-state index in [0.29, 0.717) is 0 Å². The molecule has 72 valence electrons. The largest absolute Gasteiger partial charge is 0.300 e. The number of likely N-dealkylation sites (tertiary alicyclic amines) is 1. The molecule has 1 nitrogen and oxygen atoms in total. The molecular weight excluding hydrogens is 146 g/mol. The quantitative estimate of drug-likeness (QED) is 0.590. The van der Waals surface area contributed by atoms with Crippen LogP contribution in [0.2, 0.25) is 0 Å². The average Bonchev–Trinajstić information content (AvgIpc) is 1.97. The highest BCUT2D eigenvalue weighted by atomic mass is 15.2. The van der Waals surface area contributed by atoms with Crippen molar-refractivity contribution < 1.29 is 0 Å². The summed E-state index contributed by atoms with van der Waals surface area (Å²) in [5.41, 5.74) is 0. The molecule has 0 aromatic heterocycles. The number of unbranched alkanes of at least 4 members (excludes halogenated alkanes) is 1. The predicted octanol–water partition coefficient (Wildman–Crippen LogP) is 3.05. The summed E-state index contributed by atoms with van der Waals surface area (Å²) >= 11 is 0. The fourth-order valence-corrected chi connectivity index (χ4v) is 1.99. The third kappa shape index (κ3) is 2.78. The summed E-state index contributed by atoms with van der Waals surface area (Å²) in [5.74, 6) is 0. The molecule has 0 aromatic carbocycles. The Morgan fingerprint density at radius 1 is 1.08 bits per heavy atom. The van der Waals surface area contributed by atoms with Gasteiger partial charge in [-0.05, 0) is 32.4 Å². The summed E-state index contributed by atoms with van der Waals surface area (Å²) < 4.78 is 0. The topological polar surface area (TPSA) is 3.24 Å². The standard InChI is InChI=1S/C11H23N/c1-3-5-8-11(7-4-2)12-9-6-10-12/h11H,3-10H2,1-2H3/t11-/m1/s1. The van der Waals surface area contributed by atoms with E-state index in [9.17, 15) is 0 Å². The molecule has 1 saturated heterocycles. The molecule has 0 bridgehead atoms. The van der Waals surface area contributed by atoms with Crippen LogP contribution in [0.1, 0.15) is 52.4 Å². The molecule has 12 heavy (non-hydrogen) atoms. The lowest BCUT2D eigenvalue weighted by molar-refractivity contribution is 0.103. The van der Waals surface area contributed by atoms with Crippen molar-refractivity contribution in [2.24, 2.45) is 0 Å². The zero-order valence-electron chi connectivity index (χ0n) is 8.68. The van der Waals surface area contributed by atoms with E-state index in [2.05, 4.69) is 18.7 Å². The third-order valence-electron chi connectivity index (χ3n) is 2.92. The van der Waals surface area contributed by atoms with E-state index in [0.717, 1.165) is 6.04 Å². The maximum absolute atomic E-state index is 2.67. The first-order valence-corrected chi connectivity index (χ1v) is 5.62. The van der Waals surface area contributed by atoms with Gasteiger partial charge in [-0.15, -0.1) is 0 Å². The van der Waals surface area contributed by atoms with Crippen LogP contribution in [0.5, 0.6) is 0 Å². The molecule has 1 fully saturated rings. The molecule has 0 aliphatic carbocycles. The van der Waals surface area contributed by atoms with E-state index in [-0.39, 0.29) is 0 Å². The molecular formula is C11H23N. The van der Waals surface area contributed by atoms with Gasteiger partial charge in [-0.3, -0.25) is 0 Å².